The van der Waals surface area contributed by atoms with Crippen molar-refractivity contribution in [2.45, 2.75) is 19.1 Å². The van der Waals surface area contributed by atoms with E-state index in [1.807, 2.05) is 18.2 Å². The van der Waals surface area contributed by atoms with E-state index >= 15 is 0 Å². The minimum atomic E-state index is -0.190. The molecule has 1 unspecified atom stereocenters. The third kappa shape index (κ3) is 3.49. The van der Waals surface area contributed by atoms with E-state index in [1.165, 1.54) is 0 Å². The fraction of sp³-hybridized carbons (Fsp3) is 0.500. The average molecular weight is 278 g/mol. The second kappa shape index (κ2) is 6.45. The van der Waals surface area contributed by atoms with Gasteiger partial charge in [0.05, 0.1) is 18.2 Å². The molecule has 96 valence electrons. The Morgan fingerprint density at radius 2 is 2.29 bits per heavy atom. The maximum atomic E-state index is 9.45. The maximum Gasteiger partial charge on any atom is 0.137 e. The molecule has 1 aromatic carbocycles. The van der Waals surface area contributed by atoms with Crippen molar-refractivity contribution in [3.8, 4) is 5.75 Å². The van der Waals surface area contributed by atoms with E-state index in [0.29, 0.717) is 10.8 Å². The minimum absolute atomic E-state index is 0. The Hall–Kier alpha value is -0.480. The van der Waals surface area contributed by atoms with Crippen molar-refractivity contribution in [2.75, 3.05) is 20.2 Å². The number of nitrogens with zero attached hydrogens (tertiary/aromatic N) is 1. The van der Waals surface area contributed by atoms with Gasteiger partial charge >= 0.3 is 0 Å². The summed E-state index contributed by atoms with van der Waals surface area (Å²) in [5, 5.41) is 10.1. The van der Waals surface area contributed by atoms with Gasteiger partial charge in [-0.25, -0.2) is 0 Å². The number of hydrogen-bond donors (Lipinski definition) is 1. The minimum Gasteiger partial charge on any atom is -0.495 e. The number of rotatable bonds is 3. The van der Waals surface area contributed by atoms with Gasteiger partial charge in [-0.3, -0.25) is 4.90 Å². The molecule has 0 aliphatic carbocycles. The van der Waals surface area contributed by atoms with Crippen LogP contribution in [0, 0.1) is 0 Å². The number of hydrogen-bond acceptors (Lipinski definition) is 3. The lowest BCUT2D eigenvalue weighted by atomic mass is 10.2. The predicted molar refractivity (Wildman–Crippen MR) is 71.2 cm³/mol. The molecule has 1 aliphatic heterocycles. The highest BCUT2D eigenvalue weighted by Crippen LogP contribution is 2.29. The molecule has 5 heteroatoms. The first-order valence-electron chi connectivity index (χ1n) is 5.42. The lowest BCUT2D eigenvalue weighted by Crippen LogP contribution is -2.21. The van der Waals surface area contributed by atoms with Crippen molar-refractivity contribution in [1.82, 2.24) is 4.90 Å². The molecule has 17 heavy (non-hydrogen) atoms. The quantitative estimate of drug-likeness (QED) is 0.921. The predicted octanol–water partition coefficient (Wildman–Crippen LogP) is 2.34. The van der Waals surface area contributed by atoms with Gasteiger partial charge in [0.1, 0.15) is 5.75 Å². The molecule has 1 fully saturated rings. The lowest BCUT2D eigenvalue weighted by molar-refractivity contribution is 0.175. The van der Waals surface area contributed by atoms with Crippen LogP contribution in [0.25, 0.3) is 0 Å². The zero-order chi connectivity index (χ0) is 11.5. The summed E-state index contributed by atoms with van der Waals surface area (Å²) in [7, 11) is 1.62. The van der Waals surface area contributed by atoms with Crippen molar-refractivity contribution in [2.24, 2.45) is 0 Å². The van der Waals surface area contributed by atoms with Gasteiger partial charge in [-0.1, -0.05) is 23.7 Å². The molecule has 0 bridgehead atoms. The second-order valence-electron chi connectivity index (χ2n) is 4.11. The van der Waals surface area contributed by atoms with Crippen molar-refractivity contribution in [1.29, 1.82) is 0 Å². The van der Waals surface area contributed by atoms with Gasteiger partial charge in [0.2, 0.25) is 0 Å². The molecule has 1 atom stereocenters. The van der Waals surface area contributed by atoms with Crippen LogP contribution in [0.2, 0.25) is 5.02 Å². The number of methoxy groups -OCH3 is 1. The summed E-state index contributed by atoms with van der Waals surface area (Å²) < 4.78 is 5.17. The van der Waals surface area contributed by atoms with Crippen LogP contribution in [-0.4, -0.2) is 36.3 Å². The molecule has 0 amide bonds. The van der Waals surface area contributed by atoms with Crippen LogP contribution in [-0.2, 0) is 6.54 Å². The zero-order valence-electron chi connectivity index (χ0n) is 9.73. The number of benzene rings is 1. The molecule has 1 heterocycles. The SMILES string of the molecule is COc1cccc(CN2CCC(O)C2)c1Cl.Cl. The Morgan fingerprint density at radius 3 is 2.88 bits per heavy atom. The van der Waals surface area contributed by atoms with Crippen LogP contribution in [0.15, 0.2) is 18.2 Å². The first kappa shape index (κ1) is 14.6. The summed E-state index contributed by atoms with van der Waals surface area (Å²) in [5.41, 5.74) is 1.05. The number of likely N-dealkylation sites (tertiary alicyclic amines) is 1. The largest absolute Gasteiger partial charge is 0.495 e. The molecule has 1 saturated heterocycles. The highest BCUT2D eigenvalue weighted by Gasteiger charge is 2.21. The zero-order valence-corrected chi connectivity index (χ0v) is 11.3. The average Bonchev–Trinajstić information content (AvgIpc) is 2.67. The fourth-order valence-corrected chi connectivity index (χ4v) is 2.30. The number of aliphatic hydroxyl groups is 1. The fourth-order valence-electron chi connectivity index (χ4n) is 2.03. The molecule has 1 aromatic rings. The van der Waals surface area contributed by atoms with E-state index in [-0.39, 0.29) is 18.5 Å². The number of halogens is 2. The van der Waals surface area contributed by atoms with Crippen molar-refractivity contribution in [3.05, 3.63) is 28.8 Å². The number of β-amino-alcohol motifs (C(OH)–C–C–N with tert-alkyl or cyclic N) is 1. The van der Waals surface area contributed by atoms with E-state index in [4.69, 9.17) is 16.3 Å². The normalized spacial score (nSPS) is 20.1. The second-order valence-corrected chi connectivity index (χ2v) is 4.49. The van der Waals surface area contributed by atoms with Crippen LogP contribution >= 0.6 is 24.0 Å². The molecule has 0 spiro atoms. The van der Waals surface area contributed by atoms with Crippen LogP contribution in [0.1, 0.15) is 12.0 Å². The Morgan fingerprint density at radius 1 is 1.53 bits per heavy atom. The number of ether oxygens (including phenoxy) is 1. The molecule has 0 radical (unpaired) electrons. The van der Waals surface area contributed by atoms with Gasteiger partial charge < -0.3 is 9.84 Å². The molecule has 1 N–H and O–H groups in total. The lowest BCUT2D eigenvalue weighted by Gasteiger charge is -2.16. The standard InChI is InChI=1S/C12H16ClNO2.ClH/c1-16-11-4-2-3-9(12(11)13)7-14-6-5-10(15)8-14;/h2-4,10,15H,5-8H2,1H3;1H. The smallest absolute Gasteiger partial charge is 0.137 e. The van der Waals surface area contributed by atoms with Gasteiger partial charge in [-0.15, -0.1) is 12.4 Å². The molecular formula is C12H17Cl2NO2. The van der Waals surface area contributed by atoms with Gasteiger partial charge in [0.15, 0.2) is 0 Å². The van der Waals surface area contributed by atoms with Crippen LogP contribution in [0.3, 0.4) is 0 Å². The van der Waals surface area contributed by atoms with E-state index in [0.717, 1.165) is 31.6 Å². The van der Waals surface area contributed by atoms with Gasteiger partial charge in [-0.05, 0) is 18.1 Å². The first-order chi connectivity index (χ1) is 7.70. The molecule has 0 saturated carbocycles. The summed E-state index contributed by atoms with van der Waals surface area (Å²) >= 11 is 6.21. The van der Waals surface area contributed by atoms with E-state index in [1.54, 1.807) is 7.11 Å². The van der Waals surface area contributed by atoms with Crippen molar-refractivity contribution < 1.29 is 9.84 Å². The summed E-state index contributed by atoms with van der Waals surface area (Å²) in [4.78, 5) is 2.20. The maximum absolute atomic E-state index is 9.45. The number of aliphatic hydroxyl groups excluding tert-OH is 1. The Kier molecular flexibility index (Phi) is 5.53. The van der Waals surface area contributed by atoms with Crippen LogP contribution < -0.4 is 4.74 Å². The topological polar surface area (TPSA) is 32.7 Å². The highest BCUT2D eigenvalue weighted by molar-refractivity contribution is 6.32. The van der Waals surface area contributed by atoms with E-state index < -0.39 is 0 Å². The summed E-state index contributed by atoms with van der Waals surface area (Å²) in [6.45, 7) is 2.43. The summed E-state index contributed by atoms with van der Waals surface area (Å²) in [6.07, 6.45) is 0.658. The van der Waals surface area contributed by atoms with Gasteiger partial charge in [0, 0.05) is 19.6 Å². The molecular weight excluding hydrogens is 261 g/mol. The third-order valence-corrected chi connectivity index (χ3v) is 3.33. The Labute approximate surface area is 113 Å². The van der Waals surface area contributed by atoms with Crippen molar-refractivity contribution >= 4 is 24.0 Å². The monoisotopic (exact) mass is 277 g/mol. The Bertz CT molecular complexity index is 374. The van der Waals surface area contributed by atoms with Crippen molar-refractivity contribution in [3.63, 3.8) is 0 Å². The van der Waals surface area contributed by atoms with Gasteiger partial charge in [-0.2, -0.15) is 0 Å². The summed E-state index contributed by atoms with van der Waals surface area (Å²) in [6, 6.07) is 5.78. The van der Waals surface area contributed by atoms with Crippen LogP contribution in [0.5, 0.6) is 5.75 Å². The van der Waals surface area contributed by atoms with Gasteiger partial charge in [0.25, 0.3) is 0 Å². The molecule has 2 rings (SSSR count). The summed E-state index contributed by atoms with van der Waals surface area (Å²) in [5.74, 6) is 0.707. The molecule has 0 aromatic heterocycles. The third-order valence-electron chi connectivity index (χ3n) is 2.90. The Balaban J connectivity index is 0.00000144. The highest BCUT2D eigenvalue weighted by atomic mass is 35.5. The van der Waals surface area contributed by atoms with Crippen LogP contribution in [0.4, 0.5) is 0 Å². The van der Waals surface area contributed by atoms with E-state index in [2.05, 4.69) is 4.90 Å². The molecule has 1 aliphatic rings. The first-order valence-corrected chi connectivity index (χ1v) is 5.80. The molecule has 3 nitrogen and oxygen atoms in total. The van der Waals surface area contributed by atoms with E-state index in [9.17, 15) is 5.11 Å².